The summed E-state index contributed by atoms with van der Waals surface area (Å²) in [4.78, 5) is 64.2. The summed E-state index contributed by atoms with van der Waals surface area (Å²) in [6.07, 6.45) is 1.36. The maximum Gasteiger partial charge on any atom is 0.415 e. The number of urea groups is 1. The van der Waals surface area contributed by atoms with E-state index in [-0.39, 0.29) is 24.9 Å². The summed E-state index contributed by atoms with van der Waals surface area (Å²) in [5.41, 5.74) is 2.79. The summed E-state index contributed by atoms with van der Waals surface area (Å²) in [7, 11) is 0. The van der Waals surface area contributed by atoms with Crippen LogP contribution >= 0.6 is 0 Å². The topological polar surface area (TPSA) is 107 Å². The van der Waals surface area contributed by atoms with Gasteiger partial charge in [0.1, 0.15) is 11.4 Å². The van der Waals surface area contributed by atoms with Gasteiger partial charge in [0.15, 0.2) is 0 Å². The van der Waals surface area contributed by atoms with Crippen LogP contribution in [0.2, 0.25) is 0 Å². The van der Waals surface area contributed by atoms with Gasteiger partial charge in [-0.15, -0.1) is 0 Å². The number of aromatic nitrogens is 1. The number of carbonyl (C=O) groups excluding carboxylic acids is 4. The molecule has 3 saturated heterocycles. The average molecular weight is 535 g/mol. The van der Waals surface area contributed by atoms with E-state index in [1.54, 1.807) is 23.1 Å². The fraction of sp³-hybridized carbons (Fsp3) is 0.464. The van der Waals surface area contributed by atoms with Crippen LogP contribution in [0.25, 0.3) is 0 Å². The van der Waals surface area contributed by atoms with Crippen molar-refractivity contribution in [3.63, 3.8) is 0 Å². The molecule has 0 spiro atoms. The van der Waals surface area contributed by atoms with E-state index in [1.807, 2.05) is 33.9 Å². The zero-order chi connectivity index (χ0) is 28.1. The molecule has 0 aliphatic carbocycles. The van der Waals surface area contributed by atoms with Crippen molar-refractivity contribution in [2.45, 2.75) is 40.2 Å². The number of anilines is 3. The molecule has 0 unspecified atom stereocenters. The Bertz CT molecular complexity index is 1350. The van der Waals surface area contributed by atoms with E-state index in [0.717, 1.165) is 21.8 Å². The first-order chi connectivity index (χ1) is 18.4. The molecule has 1 aromatic heterocycles. The standard InChI is InChI=1S/C28H34N6O5/c1-18-14-19(2)24(29-16-18)30-8-10-31(11-9-30)25(36)22-7-6-21(34-17-28(4,5)39-27(34)38)15-23(22)33-13-12-32(20(3)35)26(33)37/h6-7,14-16H,8-13,17H2,1-5H3. The Hall–Kier alpha value is -4.15. The first kappa shape index (κ1) is 26.5. The lowest BCUT2D eigenvalue weighted by Crippen LogP contribution is -2.49. The number of imide groups is 1. The molecular weight excluding hydrogens is 500 g/mol. The predicted octanol–water partition coefficient (Wildman–Crippen LogP) is 3.18. The first-order valence-electron chi connectivity index (χ1n) is 13.2. The molecule has 3 aliphatic heterocycles. The molecule has 0 bridgehead atoms. The Balaban J connectivity index is 1.42. The zero-order valence-electron chi connectivity index (χ0n) is 23.1. The molecule has 0 N–H and O–H groups in total. The molecule has 206 valence electrons. The molecule has 0 saturated carbocycles. The van der Waals surface area contributed by atoms with Crippen LogP contribution < -0.4 is 14.7 Å². The van der Waals surface area contributed by atoms with Crippen LogP contribution in [0.1, 0.15) is 42.3 Å². The van der Waals surface area contributed by atoms with Gasteiger partial charge in [-0.3, -0.25) is 24.3 Å². The van der Waals surface area contributed by atoms with Crippen molar-refractivity contribution in [2.24, 2.45) is 0 Å². The molecule has 1 aromatic carbocycles. The van der Waals surface area contributed by atoms with Gasteiger partial charge < -0.3 is 14.5 Å². The number of hydrogen-bond acceptors (Lipinski definition) is 7. The van der Waals surface area contributed by atoms with Crippen molar-refractivity contribution < 1.29 is 23.9 Å². The van der Waals surface area contributed by atoms with Gasteiger partial charge in [0.05, 0.1) is 17.8 Å². The van der Waals surface area contributed by atoms with Gasteiger partial charge in [-0.25, -0.2) is 14.6 Å². The summed E-state index contributed by atoms with van der Waals surface area (Å²) >= 11 is 0. The second-order valence-electron chi connectivity index (χ2n) is 11.0. The number of piperazine rings is 1. The average Bonchev–Trinajstić information content (AvgIpc) is 3.41. The minimum Gasteiger partial charge on any atom is -0.441 e. The van der Waals surface area contributed by atoms with Crippen LogP contribution in [0.15, 0.2) is 30.5 Å². The van der Waals surface area contributed by atoms with E-state index < -0.39 is 17.7 Å². The third-order valence-electron chi connectivity index (χ3n) is 7.38. The molecule has 5 amide bonds. The summed E-state index contributed by atoms with van der Waals surface area (Å²) in [6.45, 7) is 12.1. The lowest BCUT2D eigenvalue weighted by atomic mass is 10.1. The fourth-order valence-corrected chi connectivity index (χ4v) is 5.44. The van der Waals surface area contributed by atoms with Crippen LogP contribution in [0.4, 0.5) is 26.8 Å². The lowest BCUT2D eigenvalue weighted by Gasteiger charge is -2.36. The Kier molecular flexibility index (Phi) is 6.69. The summed E-state index contributed by atoms with van der Waals surface area (Å²) < 4.78 is 5.45. The van der Waals surface area contributed by atoms with Crippen LogP contribution in [-0.4, -0.2) is 90.1 Å². The normalized spacial score (nSPS) is 19.2. The minimum atomic E-state index is -0.662. The number of hydrogen-bond donors (Lipinski definition) is 0. The van der Waals surface area contributed by atoms with Crippen LogP contribution in [0.5, 0.6) is 0 Å². The van der Waals surface area contributed by atoms with Crippen molar-refractivity contribution in [3.8, 4) is 0 Å². The first-order valence-corrected chi connectivity index (χ1v) is 13.2. The Morgan fingerprint density at radius 1 is 0.949 bits per heavy atom. The molecule has 11 heteroatoms. The Morgan fingerprint density at radius 3 is 2.26 bits per heavy atom. The van der Waals surface area contributed by atoms with E-state index in [9.17, 15) is 19.2 Å². The highest BCUT2D eigenvalue weighted by Crippen LogP contribution is 2.34. The zero-order valence-corrected chi connectivity index (χ0v) is 23.1. The number of pyridine rings is 1. The Labute approximate surface area is 227 Å². The summed E-state index contributed by atoms with van der Waals surface area (Å²) in [6, 6.07) is 6.66. The number of aryl methyl sites for hydroxylation is 2. The van der Waals surface area contributed by atoms with Crippen molar-refractivity contribution in [1.29, 1.82) is 0 Å². The maximum atomic E-state index is 13.8. The van der Waals surface area contributed by atoms with Gasteiger partial charge >= 0.3 is 12.1 Å². The number of rotatable bonds is 4. The van der Waals surface area contributed by atoms with E-state index in [0.29, 0.717) is 49.7 Å². The molecule has 0 radical (unpaired) electrons. The van der Waals surface area contributed by atoms with E-state index in [1.165, 1.54) is 16.7 Å². The molecule has 5 rings (SSSR count). The second kappa shape index (κ2) is 9.87. The molecule has 3 fully saturated rings. The number of cyclic esters (lactones) is 1. The number of ether oxygens (including phenoxy) is 1. The van der Waals surface area contributed by atoms with Crippen molar-refractivity contribution in [1.82, 2.24) is 14.8 Å². The van der Waals surface area contributed by atoms with Gasteiger partial charge in [0.25, 0.3) is 5.91 Å². The number of amides is 5. The van der Waals surface area contributed by atoms with Gasteiger partial charge in [0, 0.05) is 58.1 Å². The molecule has 4 heterocycles. The van der Waals surface area contributed by atoms with Crippen LogP contribution in [0, 0.1) is 13.8 Å². The molecular formula is C28H34N6O5. The highest BCUT2D eigenvalue weighted by Gasteiger charge is 2.40. The number of carbonyl (C=O) groups is 4. The maximum absolute atomic E-state index is 13.8. The third kappa shape index (κ3) is 5.00. The monoisotopic (exact) mass is 534 g/mol. The predicted molar refractivity (Wildman–Crippen MR) is 146 cm³/mol. The van der Waals surface area contributed by atoms with Crippen molar-refractivity contribution in [2.75, 3.05) is 60.5 Å². The SMILES string of the molecule is CC(=O)N1CCN(c2cc(N3CC(C)(C)OC3=O)ccc2C(=O)N2CCN(c3ncc(C)cc3C)CC2)C1=O. The van der Waals surface area contributed by atoms with Gasteiger partial charge in [-0.1, -0.05) is 6.07 Å². The van der Waals surface area contributed by atoms with E-state index in [2.05, 4.69) is 16.0 Å². The van der Waals surface area contributed by atoms with E-state index in [4.69, 9.17) is 4.74 Å². The molecule has 2 aromatic rings. The van der Waals surface area contributed by atoms with Gasteiger partial charge in [-0.05, 0) is 57.0 Å². The fourth-order valence-electron chi connectivity index (χ4n) is 5.44. The van der Waals surface area contributed by atoms with Gasteiger partial charge in [0.2, 0.25) is 5.91 Å². The smallest absolute Gasteiger partial charge is 0.415 e. The van der Waals surface area contributed by atoms with Crippen LogP contribution in [0.3, 0.4) is 0 Å². The van der Waals surface area contributed by atoms with Crippen molar-refractivity contribution >= 4 is 41.1 Å². The quantitative estimate of drug-likeness (QED) is 0.593. The molecule has 0 atom stereocenters. The lowest BCUT2D eigenvalue weighted by molar-refractivity contribution is -0.125. The van der Waals surface area contributed by atoms with Gasteiger partial charge in [-0.2, -0.15) is 0 Å². The number of nitrogens with zero attached hydrogens (tertiary/aromatic N) is 6. The second-order valence-corrected chi connectivity index (χ2v) is 11.0. The molecule has 39 heavy (non-hydrogen) atoms. The van der Waals surface area contributed by atoms with Crippen LogP contribution in [-0.2, 0) is 9.53 Å². The largest absolute Gasteiger partial charge is 0.441 e. The highest BCUT2D eigenvalue weighted by molar-refractivity contribution is 6.09. The minimum absolute atomic E-state index is 0.205. The van der Waals surface area contributed by atoms with E-state index >= 15 is 0 Å². The number of benzene rings is 1. The third-order valence-corrected chi connectivity index (χ3v) is 7.38. The molecule has 3 aliphatic rings. The summed E-state index contributed by atoms with van der Waals surface area (Å²) in [5.74, 6) is 0.362. The Morgan fingerprint density at radius 2 is 1.67 bits per heavy atom. The summed E-state index contributed by atoms with van der Waals surface area (Å²) in [5, 5.41) is 0. The molecule has 11 nitrogen and oxygen atoms in total. The van der Waals surface area contributed by atoms with Crippen molar-refractivity contribution in [3.05, 3.63) is 47.2 Å². The highest BCUT2D eigenvalue weighted by atomic mass is 16.6.